The van der Waals surface area contributed by atoms with E-state index in [1.165, 1.54) is 0 Å². The van der Waals surface area contributed by atoms with Gasteiger partial charge in [-0.25, -0.2) is 0 Å². The summed E-state index contributed by atoms with van der Waals surface area (Å²) in [6.07, 6.45) is -0.596. The van der Waals surface area contributed by atoms with Crippen LogP contribution < -0.4 is 10.2 Å². The van der Waals surface area contributed by atoms with E-state index < -0.39 is 18.0 Å². The molecule has 1 aliphatic rings. The second kappa shape index (κ2) is 11.0. The zero-order valence-electron chi connectivity index (χ0n) is 19.5. The maximum Gasteiger partial charge on any atom is 0.451 e. The lowest BCUT2D eigenvalue weighted by molar-refractivity contribution is -0.144. The lowest BCUT2D eigenvalue weighted by Crippen LogP contribution is -2.41. The number of nitrogens with one attached hydrogen (secondary N) is 2. The molecule has 0 aliphatic heterocycles. The van der Waals surface area contributed by atoms with Crippen molar-refractivity contribution >= 4 is 39.2 Å². The summed E-state index contributed by atoms with van der Waals surface area (Å²) in [4.78, 5) is 17.6. The normalized spacial score (nSPS) is 19.8. The number of rotatable bonds is 9. The molecular weight excluding hydrogens is 515 g/mol. The molecule has 0 spiro atoms. The molecule has 11 heteroatoms. The molecule has 0 unspecified atom stereocenters. The molecule has 1 saturated carbocycles. The number of aromatic amines is 1. The molecule has 1 atom stereocenters. The molecule has 0 amide bonds. The summed E-state index contributed by atoms with van der Waals surface area (Å²) in [6, 6.07) is 5.92. The van der Waals surface area contributed by atoms with Crippen LogP contribution in [-0.2, 0) is 11.0 Å². The summed E-state index contributed by atoms with van der Waals surface area (Å²) in [6.45, 7) is 6.84. The number of halogens is 4. The zero-order valence-corrected chi connectivity index (χ0v) is 21.1. The van der Waals surface area contributed by atoms with Crippen molar-refractivity contribution in [2.45, 2.75) is 75.8 Å². The molecule has 2 aromatic rings. The van der Waals surface area contributed by atoms with E-state index in [1.54, 1.807) is 6.07 Å². The lowest BCUT2D eigenvalue weighted by atomic mass is 9.92. The fourth-order valence-electron chi connectivity index (χ4n) is 4.34. The second-order valence-electron chi connectivity index (χ2n) is 9.36. The Kier molecular flexibility index (Phi) is 8.48. The Morgan fingerprint density at radius 3 is 2.50 bits per heavy atom. The third-order valence-electron chi connectivity index (χ3n) is 6.01. The molecule has 1 aromatic heterocycles. The maximum absolute atomic E-state index is 13.0. The molecule has 3 rings (SSSR count). The van der Waals surface area contributed by atoms with Crippen molar-refractivity contribution in [1.29, 1.82) is 0 Å². The van der Waals surface area contributed by atoms with E-state index in [2.05, 4.69) is 50.1 Å². The molecule has 1 fully saturated rings. The van der Waals surface area contributed by atoms with Crippen molar-refractivity contribution in [2.24, 2.45) is 5.92 Å². The summed E-state index contributed by atoms with van der Waals surface area (Å²) in [7, 11) is 0. The standard InChI is InChI=1S/C23H31BrF3N5O2/c1-13(2)12-32(17-7-5-16(24)6-8-17)19-9-4-15(14(3)10-20(33)34)11-18(19)28-22-29-21(30-31-22)23(25,26)27/h4,9,11,13-14,16-17H,5-8,10,12H2,1-3H3,(H,33,34)(H2,28,29,30,31)/t14-,16-,17+/m1/s1. The quantitative estimate of drug-likeness (QED) is 0.319. The smallest absolute Gasteiger partial charge is 0.451 e. The molecule has 7 nitrogen and oxygen atoms in total. The van der Waals surface area contributed by atoms with Crippen LogP contribution in [0, 0.1) is 5.92 Å². The number of hydrogen-bond donors (Lipinski definition) is 3. The first-order valence-corrected chi connectivity index (χ1v) is 12.4. The number of carboxylic acids is 1. The van der Waals surface area contributed by atoms with Gasteiger partial charge in [-0.2, -0.15) is 18.2 Å². The summed E-state index contributed by atoms with van der Waals surface area (Å²) >= 11 is 3.70. The average molecular weight is 546 g/mol. The third kappa shape index (κ3) is 6.86. The van der Waals surface area contributed by atoms with Gasteiger partial charge in [-0.15, -0.1) is 5.10 Å². The molecule has 0 bridgehead atoms. The zero-order chi connectivity index (χ0) is 25.0. The van der Waals surface area contributed by atoms with E-state index in [1.807, 2.05) is 24.2 Å². The highest BCUT2D eigenvalue weighted by atomic mass is 79.9. The highest BCUT2D eigenvalue weighted by molar-refractivity contribution is 9.09. The van der Waals surface area contributed by atoms with Crippen LogP contribution in [0.15, 0.2) is 18.2 Å². The fourth-order valence-corrected chi connectivity index (χ4v) is 4.87. The number of aliphatic carboxylic acids is 1. The predicted octanol–water partition coefficient (Wildman–Crippen LogP) is 6.31. The molecule has 1 heterocycles. The van der Waals surface area contributed by atoms with Crippen molar-refractivity contribution in [3.05, 3.63) is 29.6 Å². The van der Waals surface area contributed by atoms with Crippen molar-refractivity contribution in [3.8, 4) is 0 Å². The van der Waals surface area contributed by atoms with Crippen molar-refractivity contribution in [1.82, 2.24) is 15.2 Å². The Balaban J connectivity index is 2.00. The van der Waals surface area contributed by atoms with Gasteiger partial charge in [-0.3, -0.25) is 9.89 Å². The molecule has 1 aliphatic carbocycles. The highest BCUT2D eigenvalue weighted by Gasteiger charge is 2.35. The second-order valence-corrected chi connectivity index (χ2v) is 10.7. The monoisotopic (exact) mass is 545 g/mol. The highest BCUT2D eigenvalue weighted by Crippen LogP contribution is 2.38. The van der Waals surface area contributed by atoms with Crippen LogP contribution in [0.2, 0.25) is 0 Å². The van der Waals surface area contributed by atoms with Gasteiger partial charge < -0.3 is 15.3 Å². The van der Waals surface area contributed by atoms with Gasteiger partial charge in [0.15, 0.2) is 0 Å². The van der Waals surface area contributed by atoms with E-state index >= 15 is 0 Å². The number of carboxylic acid groups (broad SMARTS) is 1. The van der Waals surface area contributed by atoms with Gasteiger partial charge in [0.1, 0.15) is 0 Å². The lowest BCUT2D eigenvalue weighted by Gasteiger charge is -2.39. The molecule has 1 aromatic carbocycles. The Morgan fingerprint density at radius 1 is 1.26 bits per heavy atom. The minimum absolute atomic E-state index is 0.0529. The van der Waals surface area contributed by atoms with Crippen molar-refractivity contribution < 1.29 is 23.1 Å². The average Bonchev–Trinajstić information content (AvgIpc) is 3.21. The number of nitrogens with zero attached hydrogens (tertiary/aromatic N) is 3. The topological polar surface area (TPSA) is 94.1 Å². The van der Waals surface area contributed by atoms with Gasteiger partial charge in [-0.1, -0.05) is 42.8 Å². The van der Waals surface area contributed by atoms with E-state index in [9.17, 15) is 23.1 Å². The van der Waals surface area contributed by atoms with Crippen LogP contribution in [0.3, 0.4) is 0 Å². The van der Waals surface area contributed by atoms with E-state index in [0.29, 0.717) is 16.4 Å². The maximum atomic E-state index is 13.0. The third-order valence-corrected chi connectivity index (χ3v) is 6.92. The van der Waals surface area contributed by atoms with Gasteiger partial charge in [0.05, 0.1) is 17.8 Å². The minimum atomic E-state index is -4.63. The largest absolute Gasteiger partial charge is 0.481 e. The van der Waals surface area contributed by atoms with E-state index in [-0.39, 0.29) is 24.3 Å². The molecule has 3 N–H and O–H groups in total. The number of anilines is 3. The van der Waals surface area contributed by atoms with Gasteiger partial charge in [-0.05, 0) is 55.2 Å². The minimum Gasteiger partial charge on any atom is -0.481 e. The van der Waals surface area contributed by atoms with Crippen molar-refractivity contribution in [3.63, 3.8) is 0 Å². The number of H-pyrrole nitrogens is 1. The van der Waals surface area contributed by atoms with Crippen LogP contribution in [-0.4, -0.2) is 43.7 Å². The van der Waals surface area contributed by atoms with Crippen LogP contribution >= 0.6 is 15.9 Å². The van der Waals surface area contributed by atoms with Crippen LogP contribution in [0.25, 0.3) is 0 Å². The van der Waals surface area contributed by atoms with Gasteiger partial charge in [0.25, 0.3) is 0 Å². The number of hydrogen-bond acceptors (Lipinski definition) is 5. The van der Waals surface area contributed by atoms with Gasteiger partial charge in [0, 0.05) is 17.4 Å². The Bertz CT molecular complexity index is 974. The first-order chi connectivity index (χ1) is 15.9. The SMILES string of the molecule is CC(C)CN(c1ccc([C@H](C)CC(=O)O)cc1Nc1n[nH]c(C(F)(F)F)n1)[C@H]1CC[C@@H](Br)CC1. The molecule has 0 radical (unpaired) electrons. The number of aromatic nitrogens is 3. The number of benzene rings is 1. The predicted molar refractivity (Wildman–Crippen MR) is 129 cm³/mol. The first-order valence-electron chi connectivity index (χ1n) is 11.5. The molecule has 34 heavy (non-hydrogen) atoms. The molecule has 0 saturated heterocycles. The Morgan fingerprint density at radius 2 is 1.94 bits per heavy atom. The Hall–Kier alpha value is -2.30. The molecule has 188 valence electrons. The fraction of sp³-hybridized carbons (Fsp3) is 0.609. The number of alkyl halides is 4. The Labute approximate surface area is 205 Å². The number of carbonyl (C=O) groups is 1. The van der Waals surface area contributed by atoms with Crippen LogP contribution in [0.5, 0.6) is 0 Å². The van der Waals surface area contributed by atoms with Gasteiger partial charge in [0.2, 0.25) is 11.8 Å². The first kappa shape index (κ1) is 26.3. The van der Waals surface area contributed by atoms with Crippen molar-refractivity contribution in [2.75, 3.05) is 16.8 Å². The van der Waals surface area contributed by atoms with Crippen LogP contribution in [0.1, 0.15) is 70.2 Å². The van der Waals surface area contributed by atoms with E-state index in [4.69, 9.17) is 0 Å². The van der Waals surface area contributed by atoms with E-state index in [0.717, 1.165) is 43.5 Å². The summed E-state index contributed by atoms with van der Waals surface area (Å²) in [5, 5.41) is 17.8. The molecular formula is C23H31BrF3N5O2. The summed E-state index contributed by atoms with van der Waals surface area (Å²) < 4.78 is 39.1. The summed E-state index contributed by atoms with van der Waals surface area (Å²) in [5.41, 5.74) is 2.18. The van der Waals surface area contributed by atoms with Gasteiger partial charge >= 0.3 is 12.1 Å². The van der Waals surface area contributed by atoms with Crippen LogP contribution in [0.4, 0.5) is 30.5 Å². The summed E-state index contributed by atoms with van der Waals surface area (Å²) in [5.74, 6) is -2.19.